The summed E-state index contributed by atoms with van der Waals surface area (Å²) in [4.78, 5) is 14.0. The number of hydrogen-bond acceptors (Lipinski definition) is 5. The summed E-state index contributed by atoms with van der Waals surface area (Å²) in [6.45, 7) is 0.221. The number of halogens is 1. The molecule has 140 valence electrons. The summed E-state index contributed by atoms with van der Waals surface area (Å²) in [7, 11) is 0. The lowest BCUT2D eigenvalue weighted by atomic mass is 9.92. The normalized spacial score (nSPS) is 12.1. The Morgan fingerprint density at radius 2 is 1.81 bits per heavy atom. The second kappa shape index (κ2) is 9.39. The van der Waals surface area contributed by atoms with Crippen molar-refractivity contribution >= 4 is 17.4 Å². The number of rotatable bonds is 9. The van der Waals surface area contributed by atoms with Crippen LogP contribution in [0, 0.1) is 0 Å². The monoisotopic (exact) mass is 384 g/mol. The van der Waals surface area contributed by atoms with Crippen molar-refractivity contribution in [1.29, 1.82) is 0 Å². The third kappa shape index (κ3) is 5.70. The van der Waals surface area contributed by atoms with Gasteiger partial charge in [0.25, 0.3) is 0 Å². The van der Waals surface area contributed by atoms with E-state index in [1.807, 2.05) is 42.5 Å². The van der Waals surface area contributed by atoms with E-state index in [0.29, 0.717) is 30.1 Å². The zero-order valence-corrected chi connectivity index (χ0v) is 15.6. The number of aliphatic hydroxyl groups is 1. The van der Waals surface area contributed by atoms with Gasteiger partial charge in [0, 0.05) is 23.8 Å². The van der Waals surface area contributed by atoms with Crippen molar-refractivity contribution in [3.8, 4) is 0 Å². The standard InChI is InChI=1S/C20H21ClN4O2/c21-18-8-6-16(7-9-18)13-19(27)14-17(12-15-4-2-1-3-5-15)20-22-24-25(23-20)10-11-26/h1-9,17,26H,10-14H2/t17-/m1/s1. The Labute approximate surface area is 162 Å². The Morgan fingerprint density at radius 1 is 1.07 bits per heavy atom. The van der Waals surface area contributed by atoms with Crippen LogP contribution in [0.2, 0.25) is 5.02 Å². The Hall–Kier alpha value is -2.57. The topological polar surface area (TPSA) is 80.9 Å². The Bertz CT molecular complexity index is 865. The van der Waals surface area contributed by atoms with Crippen molar-refractivity contribution in [2.75, 3.05) is 6.61 Å². The van der Waals surface area contributed by atoms with E-state index in [-0.39, 0.29) is 24.9 Å². The second-order valence-electron chi connectivity index (χ2n) is 6.40. The van der Waals surface area contributed by atoms with Gasteiger partial charge in [-0.3, -0.25) is 4.79 Å². The first-order valence-electron chi connectivity index (χ1n) is 8.82. The predicted molar refractivity (Wildman–Crippen MR) is 103 cm³/mol. The highest BCUT2D eigenvalue weighted by atomic mass is 35.5. The molecule has 2 aromatic carbocycles. The zero-order valence-electron chi connectivity index (χ0n) is 14.8. The predicted octanol–water partition coefficient (Wildman–Crippen LogP) is 2.85. The molecule has 0 saturated heterocycles. The van der Waals surface area contributed by atoms with Crippen LogP contribution in [0.4, 0.5) is 0 Å². The Morgan fingerprint density at radius 3 is 2.52 bits per heavy atom. The van der Waals surface area contributed by atoms with Gasteiger partial charge in [-0.05, 0) is 34.9 Å². The summed E-state index contributed by atoms with van der Waals surface area (Å²) in [5.41, 5.74) is 2.04. The molecule has 27 heavy (non-hydrogen) atoms. The number of tetrazole rings is 1. The van der Waals surface area contributed by atoms with Gasteiger partial charge in [0.2, 0.25) is 0 Å². The summed E-state index contributed by atoms with van der Waals surface area (Å²) in [5.74, 6) is 0.466. The van der Waals surface area contributed by atoms with E-state index >= 15 is 0 Å². The van der Waals surface area contributed by atoms with Crippen molar-refractivity contribution in [3.63, 3.8) is 0 Å². The highest BCUT2D eigenvalue weighted by molar-refractivity contribution is 6.30. The van der Waals surface area contributed by atoms with Gasteiger partial charge in [-0.1, -0.05) is 54.1 Å². The Balaban J connectivity index is 1.73. The van der Waals surface area contributed by atoms with Crippen molar-refractivity contribution in [2.24, 2.45) is 0 Å². The lowest BCUT2D eigenvalue weighted by Gasteiger charge is -2.13. The number of ketones is 1. The number of hydrogen-bond donors (Lipinski definition) is 1. The molecule has 3 aromatic rings. The molecular weight excluding hydrogens is 364 g/mol. The van der Waals surface area contributed by atoms with Crippen LogP contribution in [0.1, 0.15) is 29.3 Å². The first-order chi connectivity index (χ1) is 13.1. The quantitative estimate of drug-likeness (QED) is 0.613. The minimum absolute atomic E-state index is 0.0609. The van der Waals surface area contributed by atoms with Gasteiger partial charge in [-0.2, -0.15) is 4.80 Å². The molecule has 7 heteroatoms. The third-order valence-corrected chi connectivity index (χ3v) is 4.50. The fourth-order valence-corrected chi connectivity index (χ4v) is 3.06. The first kappa shape index (κ1) is 19.2. The summed E-state index contributed by atoms with van der Waals surface area (Å²) in [6, 6.07) is 17.2. The zero-order chi connectivity index (χ0) is 19.1. The maximum atomic E-state index is 12.6. The van der Waals surface area contributed by atoms with E-state index in [1.54, 1.807) is 12.1 Å². The second-order valence-corrected chi connectivity index (χ2v) is 6.84. The van der Waals surface area contributed by atoms with Gasteiger partial charge >= 0.3 is 0 Å². The lowest BCUT2D eigenvalue weighted by molar-refractivity contribution is -0.118. The molecule has 3 rings (SSSR count). The van der Waals surface area contributed by atoms with E-state index in [2.05, 4.69) is 15.4 Å². The van der Waals surface area contributed by atoms with Gasteiger partial charge in [-0.25, -0.2) is 0 Å². The first-order valence-corrected chi connectivity index (χ1v) is 9.20. The minimum Gasteiger partial charge on any atom is -0.394 e. The molecule has 0 amide bonds. The summed E-state index contributed by atoms with van der Waals surface area (Å²) in [5, 5.41) is 22.1. The van der Waals surface area contributed by atoms with Crippen LogP contribution >= 0.6 is 11.6 Å². The molecule has 1 aromatic heterocycles. The van der Waals surface area contributed by atoms with Crippen LogP contribution in [0.3, 0.4) is 0 Å². The Kier molecular flexibility index (Phi) is 6.68. The molecule has 0 radical (unpaired) electrons. The van der Waals surface area contributed by atoms with E-state index in [0.717, 1.165) is 11.1 Å². The maximum Gasteiger partial charge on any atom is 0.178 e. The maximum absolute atomic E-state index is 12.6. The molecule has 1 atom stereocenters. The summed E-state index contributed by atoms with van der Waals surface area (Å²) < 4.78 is 0. The molecule has 6 nitrogen and oxygen atoms in total. The van der Waals surface area contributed by atoms with E-state index < -0.39 is 0 Å². The molecular formula is C20H21ClN4O2. The smallest absolute Gasteiger partial charge is 0.178 e. The van der Waals surface area contributed by atoms with Crippen LogP contribution in [-0.4, -0.2) is 37.7 Å². The minimum atomic E-state index is -0.167. The van der Waals surface area contributed by atoms with Crippen molar-refractivity contribution in [2.45, 2.75) is 31.7 Å². The average molecular weight is 385 g/mol. The highest BCUT2D eigenvalue weighted by Crippen LogP contribution is 2.22. The summed E-state index contributed by atoms with van der Waals surface area (Å²) in [6.07, 6.45) is 1.31. The fourth-order valence-electron chi connectivity index (χ4n) is 2.93. The average Bonchev–Trinajstić information content (AvgIpc) is 3.13. The molecule has 0 saturated carbocycles. The number of benzene rings is 2. The highest BCUT2D eigenvalue weighted by Gasteiger charge is 2.22. The van der Waals surface area contributed by atoms with Crippen LogP contribution in [0.15, 0.2) is 54.6 Å². The third-order valence-electron chi connectivity index (χ3n) is 4.25. The molecule has 0 aliphatic rings. The fraction of sp³-hybridized carbons (Fsp3) is 0.300. The molecule has 0 aliphatic carbocycles. The van der Waals surface area contributed by atoms with E-state index in [9.17, 15) is 4.79 Å². The molecule has 1 heterocycles. The molecule has 0 bridgehead atoms. The van der Waals surface area contributed by atoms with Gasteiger partial charge in [0.05, 0.1) is 13.2 Å². The van der Waals surface area contributed by atoms with Gasteiger partial charge in [0.15, 0.2) is 5.82 Å². The number of carbonyl (C=O) groups excluding carboxylic acids is 1. The van der Waals surface area contributed by atoms with E-state index in [1.165, 1.54) is 4.80 Å². The summed E-state index contributed by atoms with van der Waals surface area (Å²) >= 11 is 5.90. The number of carbonyl (C=O) groups is 1. The lowest BCUT2D eigenvalue weighted by Crippen LogP contribution is -2.14. The molecule has 0 unspecified atom stereocenters. The number of aromatic nitrogens is 4. The van der Waals surface area contributed by atoms with Crippen LogP contribution in [-0.2, 0) is 24.2 Å². The van der Waals surface area contributed by atoms with Gasteiger partial charge in [0.1, 0.15) is 5.78 Å². The van der Waals surface area contributed by atoms with Gasteiger partial charge < -0.3 is 5.11 Å². The van der Waals surface area contributed by atoms with Crippen molar-refractivity contribution in [1.82, 2.24) is 20.2 Å². The molecule has 0 fully saturated rings. The number of nitrogens with zero attached hydrogens (tertiary/aromatic N) is 4. The largest absolute Gasteiger partial charge is 0.394 e. The van der Waals surface area contributed by atoms with Crippen LogP contribution in [0.25, 0.3) is 0 Å². The SMILES string of the molecule is O=C(Cc1ccc(Cl)cc1)C[C@@H](Cc1ccccc1)c1nnn(CCO)n1. The molecule has 1 N–H and O–H groups in total. The van der Waals surface area contributed by atoms with Crippen molar-refractivity contribution < 1.29 is 9.90 Å². The van der Waals surface area contributed by atoms with Crippen LogP contribution in [0.5, 0.6) is 0 Å². The number of aliphatic hydroxyl groups excluding tert-OH is 1. The van der Waals surface area contributed by atoms with Crippen LogP contribution < -0.4 is 0 Å². The van der Waals surface area contributed by atoms with E-state index in [4.69, 9.17) is 16.7 Å². The number of Topliss-reactive ketones (excluding diaryl/α,β-unsaturated/α-hetero) is 1. The van der Waals surface area contributed by atoms with Crippen molar-refractivity contribution in [3.05, 3.63) is 76.6 Å². The van der Waals surface area contributed by atoms with Gasteiger partial charge in [-0.15, -0.1) is 10.2 Å². The molecule has 0 spiro atoms. The molecule has 0 aliphatic heterocycles.